The van der Waals surface area contributed by atoms with Crippen LogP contribution in [0.25, 0.3) is 0 Å². The fourth-order valence-electron chi connectivity index (χ4n) is 0. The lowest BCUT2D eigenvalue weighted by Crippen LogP contribution is -2.06. The molecule has 0 fully saturated rings. The molecule has 0 rings (SSSR count). The summed E-state index contributed by atoms with van der Waals surface area (Å²) in [6, 6.07) is 0.333. The smallest absolute Gasteiger partial charge is 0.00179 e. The molecule has 2 nitrogen and oxygen atoms in total. The number of rotatable bonds is 0. The highest BCUT2D eigenvalue weighted by molar-refractivity contribution is 4.32. The van der Waals surface area contributed by atoms with E-state index in [1.54, 1.807) is 0 Å². The summed E-state index contributed by atoms with van der Waals surface area (Å²) in [5.74, 6) is 0. The second-order valence-electron chi connectivity index (χ2n) is 1.24. The maximum absolute atomic E-state index is 5.11. The molecule has 0 amide bonds. The van der Waals surface area contributed by atoms with Crippen molar-refractivity contribution in [2.75, 3.05) is 7.05 Å². The average molecular weight is 90.2 g/mol. The Morgan fingerprint density at radius 1 is 1.17 bits per heavy atom. The summed E-state index contributed by atoms with van der Waals surface area (Å²) in [6.07, 6.45) is 0. The topological polar surface area (TPSA) is 52.0 Å². The Morgan fingerprint density at radius 2 is 1.17 bits per heavy atom. The van der Waals surface area contributed by atoms with Crippen LogP contribution < -0.4 is 11.5 Å². The summed E-state index contributed by atoms with van der Waals surface area (Å²) in [5, 5.41) is 0. The zero-order valence-electron chi connectivity index (χ0n) is 4.73. The summed E-state index contributed by atoms with van der Waals surface area (Å²) in [7, 11) is 1.50. The van der Waals surface area contributed by atoms with Gasteiger partial charge in [0.1, 0.15) is 0 Å². The number of nitrogens with two attached hydrogens (primary N) is 2. The Morgan fingerprint density at radius 3 is 1.17 bits per heavy atom. The van der Waals surface area contributed by atoms with Crippen molar-refractivity contribution >= 4 is 0 Å². The molecule has 0 saturated heterocycles. The van der Waals surface area contributed by atoms with E-state index in [2.05, 4.69) is 5.73 Å². The van der Waals surface area contributed by atoms with E-state index >= 15 is 0 Å². The normalized spacial score (nSPS) is 7.00. The van der Waals surface area contributed by atoms with Gasteiger partial charge in [-0.1, -0.05) is 13.8 Å². The van der Waals surface area contributed by atoms with Gasteiger partial charge in [-0.05, 0) is 13.1 Å². The molecule has 0 aliphatic carbocycles. The Bertz CT molecular complexity index is 10.3. The minimum atomic E-state index is 0.333. The minimum Gasteiger partial charge on any atom is -0.333 e. The van der Waals surface area contributed by atoms with Crippen LogP contribution in [0.15, 0.2) is 0 Å². The molecule has 2 heteroatoms. The van der Waals surface area contributed by atoms with Crippen molar-refractivity contribution in [3.8, 4) is 0 Å². The molecular formula is C4H14N2. The van der Waals surface area contributed by atoms with E-state index in [1.165, 1.54) is 7.05 Å². The van der Waals surface area contributed by atoms with E-state index in [-0.39, 0.29) is 0 Å². The van der Waals surface area contributed by atoms with Crippen LogP contribution in [0.5, 0.6) is 0 Å². The van der Waals surface area contributed by atoms with E-state index in [4.69, 9.17) is 5.73 Å². The summed E-state index contributed by atoms with van der Waals surface area (Å²) >= 11 is 0. The van der Waals surface area contributed by atoms with Crippen LogP contribution in [-0.2, 0) is 0 Å². The van der Waals surface area contributed by atoms with Gasteiger partial charge in [-0.3, -0.25) is 0 Å². The van der Waals surface area contributed by atoms with Gasteiger partial charge < -0.3 is 11.5 Å². The highest BCUT2D eigenvalue weighted by Gasteiger charge is 1.67. The molecule has 6 heavy (non-hydrogen) atoms. The van der Waals surface area contributed by atoms with Crippen LogP contribution in [0, 0.1) is 0 Å². The average Bonchev–Trinajstić information content (AvgIpc) is 1.41. The second-order valence-corrected chi connectivity index (χ2v) is 1.24. The van der Waals surface area contributed by atoms with Gasteiger partial charge in [0.05, 0.1) is 0 Å². The third-order valence-corrected chi connectivity index (χ3v) is 0. The SMILES string of the molecule is CC(C)N.CN. The highest BCUT2D eigenvalue weighted by Crippen LogP contribution is 1.58. The van der Waals surface area contributed by atoms with Gasteiger partial charge in [0.2, 0.25) is 0 Å². The Balaban J connectivity index is 0. The lowest BCUT2D eigenvalue weighted by atomic mass is 10.5. The van der Waals surface area contributed by atoms with Crippen LogP contribution in [-0.4, -0.2) is 13.1 Å². The van der Waals surface area contributed by atoms with Crippen molar-refractivity contribution in [3.63, 3.8) is 0 Å². The Labute approximate surface area is 39.5 Å². The predicted molar refractivity (Wildman–Crippen MR) is 29.4 cm³/mol. The van der Waals surface area contributed by atoms with Crippen molar-refractivity contribution in [1.29, 1.82) is 0 Å². The maximum atomic E-state index is 5.11. The first kappa shape index (κ1) is 9.33. The third kappa shape index (κ3) is 5220. The summed E-state index contributed by atoms with van der Waals surface area (Å²) < 4.78 is 0. The summed E-state index contributed by atoms with van der Waals surface area (Å²) in [6.45, 7) is 3.89. The Kier molecular flexibility index (Phi) is 13.8. The van der Waals surface area contributed by atoms with E-state index in [1.807, 2.05) is 13.8 Å². The molecule has 0 aromatic rings. The number of hydrogen-bond donors (Lipinski definition) is 2. The lowest BCUT2D eigenvalue weighted by Gasteiger charge is -1.81. The van der Waals surface area contributed by atoms with Crippen LogP contribution in [0.2, 0.25) is 0 Å². The van der Waals surface area contributed by atoms with Crippen molar-refractivity contribution < 1.29 is 0 Å². The summed E-state index contributed by atoms with van der Waals surface area (Å²) in [4.78, 5) is 0. The van der Waals surface area contributed by atoms with Crippen molar-refractivity contribution in [3.05, 3.63) is 0 Å². The van der Waals surface area contributed by atoms with Gasteiger partial charge in [-0.2, -0.15) is 0 Å². The monoisotopic (exact) mass is 90.1 g/mol. The first-order valence-corrected chi connectivity index (χ1v) is 2.07. The zero-order valence-corrected chi connectivity index (χ0v) is 4.73. The lowest BCUT2D eigenvalue weighted by molar-refractivity contribution is 0.834. The molecule has 0 radical (unpaired) electrons. The van der Waals surface area contributed by atoms with Crippen LogP contribution in [0.4, 0.5) is 0 Å². The van der Waals surface area contributed by atoms with E-state index < -0.39 is 0 Å². The van der Waals surface area contributed by atoms with Crippen molar-refractivity contribution in [2.24, 2.45) is 11.5 Å². The molecule has 0 aromatic carbocycles. The standard InChI is InChI=1S/C3H9N.CH5N/c1-3(2)4;1-2/h3H,4H2,1-2H3;2H2,1H3. The molecule has 0 bridgehead atoms. The zero-order chi connectivity index (χ0) is 5.58. The van der Waals surface area contributed by atoms with Gasteiger partial charge >= 0.3 is 0 Å². The molecule has 0 aliphatic heterocycles. The van der Waals surface area contributed by atoms with E-state index in [0.29, 0.717) is 6.04 Å². The van der Waals surface area contributed by atoms with Crippen molar-refractivity contribution in [2.45, 2.75) is 19.9 Å². The highest BCUT2D eigenvalue weighted by atomic mass is 14.6. The van der Waals surface area contributed by atoms with E-state index in [9.17, 15) is 0 Å². The van der Waals surface area contributed by atoms with Gasteiger partial charge in [0, 0.05) is 0 Å². The van der Waals surface area contributed by atoms with E-state index in [0.717, 1.165) is 0 Å². The largest absolute Gasteiger partial charge is 0.333 e. The minimum absolute atomic E-state index is 0.333. The van der Waals surface area contributed by atoms with Gasteiger partial charge in [0.15, 0.2) is 0 Å². The van der Waals surface area contributed by atoms with Crippen LogP contribution >= 0.6 is 0 Å². The Hall–Kier alpha value is -0.0800. The molecule has 0 spiro atoms. The maximum Gasteiger partial charge on any atom is -0.00179 e. The molecule has 0 heterocycles. The van der Waals surface area contributed by atoms with Gasteiger partial charge in [0.25, 0.3) is 0 Å². The fraction of sp³-hybridized carbons (Fsp3) is 1.00. The van der Waals surface area contributed by atoms with Gasteiger partial charge in [-0.25, -0.2) is 0 Å². The first-order chi connectivity index (χ1) is 2.73. The second kappa shape index (κ2) is 8.87. The molecule has 40 valence electrons. The molecule has 0 aliphatic rings. The predicted octanol–water partition coefficient (Wildman–Crippen LogP) is -0.0716. The molecule has 0 aromatic heterocycles. The third-order valence-electron chi connectivity index (χ3n) is 0. The quantitative estimate of drug-likeness (QED) is 0.437. The van der Waals surface area contributed by atoms with Crippen molar-refractivity contribution in [1.82, 2.24) is 0 Å². The molecule has 0 saturated carbocycles. The van der Waals surface area contributed by atoms with Crippen LogP contribution in [0.3, 0.4) is 0 Å². The first-order valence-electron chi connectivity index (χ1n) is 2.07. The summed E-state index contributed by atoms with van der Waals surface area (Å²) in [5.41, 5.74) is 9.61. The van der Waals surface area contributed by atoms with Gasteiger partial charge in [-0.15, -0.1) is 0 Å². The van der Waals surface area contributed by atoms with Crippen LogP contribution in [0.1, 0.15) is 13.8 Å². The molecule has 0 atom stereocenters. The number of hydrogen-bond acceptors (Lipinski definition) is 2. The fourth-order valence-corrected chi connectivity index (χ4v) is 0. The molecular weight excluding hydrogens is 76.1 g/mol. The molecule has 0 unspecified atom stereocenters. The molecule has 4 N–H and O–H groups in total.